The summed E-state index contributed by atoms with van der Waals surface area (Å²) in [5.41, 5.74) is 3.53. The number of hydrogen-bond acceptors (Lipinski definition) is 16. The van der Waals surface area contributed by atoms with Gasteiger partial charge in [-0.2, -0.15) is 0 Å². The largest absolute Gasteiger partial charge is 2.00 e. The van der Waals surface area contributed by atoms with Gasteiger partial charge >= 0.3 is 68.3 Å². The summed E-state index contributed by atoms with van der Waals surface area (Å²) in [5, 5.41) is 77.3. The van der Waals surface area contributed by atoms with E-state index in [-0.39, 0.29) is 120 Å². The minimum absolute atomic E-state index is 0. The Bertz CT molecular complexity index is 1240. The maximum absolute atomic E-state index is 10.1. The van der Waals surface area contributed by atoms with Crippen LogP contribution in [0, 0.1) is 0 Å². The molecule has 0 amide bonds. The van der Waals surface area contributed by atoms with Gasteiger partial charge in [-0.05, 0) is 99.9 Å². The van der Waals surface area contributed by atoms with Crippen LogP contribution < -0.4 is 40.9 Å². The zero-order valence-corrected chi connectivity index (χ0v) is 37.4. The Morgan fingerprint density at radius 2 is 0.517 bits per heavy atom. The van der Waals surface area contributed by atoms with E-state index in [2.05, 4.69) is 19.9 Å². The second-order valence-electron chi connectivity index (χ2n) is 10.0. The van der Waals surface area contributed by atoms with Crippen LogP contribution in [0.15, 0.2) is 97.6 Å². The van der Waals surface area contributed by atoms with Gasteiger partial charge in [0.2, 0.25) is 0 Å². The topological polar surface area (TPSA) is 304 Å². The van der Waals surface area contributed by atoms with Crippen LogP contribution in [-0.2, 0) is 113 Å². The van der Waals surface area contributed by atoms with Crippen molar-refractivity contribution in [1.82, 2.24) is 19.9 Å². The monoisotopic (exact) mass is 1030 g/mol. The van der Waals surface area contributed by atoms with E-state index in [4.69, 9.17) is 0 Å². The minimum atomic E-state index is -0.995. The molecule has 0 aromatic carbocycles. The fourth-order valence-electron chi connectivity index (χ4n) is 2.60. The number of carbonyl (C=O) groups excluding carboxylic acids is 4. The van der Waals surface area contributed by atoms with Crippen molar-refractivity contribution in [1.29, 1.82) is 0 Å². The van der Waals surface area contributed by atoms with Gasteiger partial charge in [-0.15, -0.1) is 26.4 Å². The standard InChI is InChI=1S/4C7H8NO.4C3H6O2.4Cu/c4*9-6-4-7-3-1-2-5-8-7;4*1-2-3(4)5;;;;/h4*1-3,5H,4,6H2;4*2H2,1H3,(H,4,5);;;;/q4*-1;;;;;4*+2/p-4. The fraction of sp³-hybridized carbons (Fsp3) is 0.400. The molecule has 0 aliphatic rings. The molecule has 0 unspecified atom stereocenters. The van der Waals surface area contributed by atoms with Gasteiger partial charge in [0.1, 0.15) is 0 Å². The van der Waals surface area contributed by atoms with Crippen molar-refractivity contribution in [3.63, 3.8) is 0 Å². The van der Waals surface area contributed by atoms with Gasteiger partial charge in [0.05, 0.1) is 0 Å². The first-order valence-electron chi connectivity index (χ1n) is 17.5. The SMILES string of the molecule is CCC(=O)[O-].CCC(=O)[O-].CCC(=O)[O-].CCC(=O)[O-].[Cu+2].[Cu+2].[Cu+2].[Cu+2].[O-]CCc1ccccn1.[O-]CCc1ccccn1.[O-]CCc1ccccn1.[O-]CCc1ccccn1. The van der Waals surface area contributed by atoms with Gasteiger partial charge in [-0.1, -0.05) is 52.0 Å². The van der Waals surface area contributed by atoms with E-state index in [1.807, 2.05) is 72.8 Å². The van der Waals surface area contributed by atoms with E-state index in [1.165, 1.54) is 27.7 Å². The van der Waals surface area contributed by atoms with E-state index in [0.29, 0.717) is 25.7 Å². The molecule has 0 saturated heterocycles. The van der Waals surface area contributed by atoms with Crippen molar-refractivity contribution in [2.45, 2.75) is 79.1 Å². The van der Waals surface area contributed by atoms with E-state index in [0.717, 1.165) is 22.8 Å². The van der Waals surface area contributed by atoms with Gasteiger partial charge in [-0.3, -0.25) is 19.9 Å². The van der Waals surface area contributed by atoms with Crippen molar-refractivity contribution in [3.05, 3.63) is 120 Å². The fourth-order valence-corrected chi connectivity index (χ4v) is 2.60. The average molecular weight is 1040 g/mol. The zero-order chi connectivity index (χ0) is 43.2. The van der Waals surface area contributed by atoms with Crippen LogP contribution in [0.3, 0.4) is 0 Å². The zero-order valence-electron chi connectivity index (χ0n) is 33.6. The molecule has 4 aromatic rings. The molecular weight excluding hydrogens is 983 g/mol. The summed E-state index contributed by atoms with van der Waals surface area (Å²) >= 11 is 0. The smallest absolute Gasteiger partial charge is 0.854 e. The molecule has 0 N–H and O–H groups in total. The number of pyridine rings is 4. The summed E-state index contributed by atoms with van der Waals surface area (Å²) in [6.07, 6.45) is 9.41. The van der Waals surface area contributed by atoms with E-state index >= 15 is 0 Å². The Balaban J connectivity index is -0.0000000864. The maximum atomic E-state index is 10.1. The number of carboxylic acids is 4. The van der Waals surface area contributed by atoms with Crippen molar-refractivity contribution in [3.8, 4) is 0 Å². The molecule has 60 heavy (non-hydrogen) atoms. The number of hydrogen-bond donors (Lipinski definition) is 0. The average Bonchev–Trinajstić information content (AvgIpc) is 3.21. The summed E-state index contributed by atoms with van der Waals surface area (Å²) in [7, 11) is 0. The predicted octanol–water partition coefficient (Wildman–Crippen LogP) is -3.49. The Labute approximate surface area is 395 Å². The van der Waals surface area contributed by atoms with Gasteiger partial charge in [0.15, 0.2) is 0 Å². The first-order valence-corrected chi connectivity index (χ1v) is 17.5. The number of rotatable bonds is 12. The van der Waals surface area contributed by atoms with Crippen molar-refractivity contribution < 1.29 is 128 Å². The first-order chi connectivity index (χ1) is 26.8. The summed E-state index contributed by atoms with van der Waals surface area (Å²) in [5.74, 6) is -3.98. The number of carboxylic acid groups (broad SMARTS) is 4. The number of nitrogens with zero attached hydrogens (tertiary/aromatic N) is 4. The van der Waals surface area contributed by atoms with Gasteiger partial charge in [-0.25, -0.2) is 0 Å². The molecule has 0 atom stereocenters. The second kappa shape index (κ2) is 59.7. The van der Waals surface area contributed by atoms with Crippen LogP contribution in [0.2, 0.25) is 0 Å². The Morgan fingerprint density at radius 1 is 0.367 bits per heavy atom. The van der Waals surface area contributed by atoms with Crippen molar-refractivity contribution in [2.75, 3.05) is 26.4 Å². The van der Waals surface area contributed by atoms with Crippen LogP contribution in [-0.4, -0.2) is 70.2 Å². The van der Waals surface area contributed by atoms with Crippen LogP contribution in [0.25, 0.3) is 0 Å². The molecule has 4 heterocycles. The molecule has 20 heteroatoms. The molecule has 0 bridgehead atoms. The van der Waals surface area contributed by atoms with E-state index in [9.17, 15) is 60.0 Å². The molecule has 348 valence electrons. The van der Waals surface area contributed by atoms with Crippen molar-refractivity contribution >= 4 is 23.9 Å². The van der Waals surface area contributed by atoms with Gasteiger partial charge < -0.3 is 60.0 Å². The molecule has 0 fully saturated rings. The van der Waals surface area contributed by atoms with E-state index < -0.39 is 23.9 Å². The van der Waals surface area contributed by atoms with E-state index in [1.54, 1.807) is 24.8 Å². The summed E-state index contributed by atoms with van der Waals surface area (Å²) in [6.45, 7) is 5.86. The third-order valence-electron chi connectivity index (χ3n) is 5.49. The third kappa shape index (κ3) is 66.2. The molecular formula is C40H52Cu4N4O12. The molecule has 0 aliphatic carbocycles. The molecule has 0 spiro atoms. The number of aromatic nitrogens is 4. The minimum Gasteiger partial charge on any atom is -0.854 e. The molecule has 0 aliphatic heterocycles. The predicted molar refractivity (Wildman–Crippen MR) is 192 cm³/mol. The summed E-state index contributed by atoms with van der Waals surface area (Å²) in [4.78, 5) is 52.9. The van der Waals surface area contributed by atoms with Crippen LogP contribution >= 0.6 is 0 Å². The van der Waals surface area contributed by atoms with Crippen LogP contribution in [0.4, 0.5) is 0 Å². The normalized spacial score (nSPS) is 8.13. The number of carbonyl (C=O) groups is 4. The molecule has 4 aromatic heterocycles. The Hall–Kier alpha value is -3.60. The quantitative estimate of drug-likeness (QED) is 0.124. The van der Waals surface area contributed by atoms with Crippen LogP contribution in [0.1, 0.15) is 76.2 Å². The summed E-state index contributed by atoms with van der Waals surface area (Å²) in [6, 6.07) is 22.3. The van der Waals surface area contributed by atoms with Gasteiger partial charge in [0.25, 0.3) is 0 Å². The van der Waals surface area contributed by atoms with Crippen LogP contribution in [0.5, 0.6) is 0 Å². The molecule has 4 radical (unpaired) electrons. The third-order valence-corrected chi connectivity index (χ3v) is 5.49. The molecule has 16 nitrogen and oxygen atoms in total. The Kier molecular flexibility index (Phi) is 73.5. The maximum Gasteiger partial charge on any atom is 2.00 e. The Morgan fingerprint density at radius 3 is 0.600 bits per heavy atom. The summed E-state index contributed by atoms with van der Waals surface area (Å²) < 4.78 is 0. The first kappa shape index (κ1) is 73.9. The molecule has 0 saturated carbocycles. The van der Waals surface area contributed by atoms with Gasteiger partial charge in [0, 0.05) is 71.4 Å². The second-order valence-corrected chi connectivity index (χ2v) is 10.0. The van der Waals surface area contributed by atoms with Crippen molar-refractivity contribution in [2.24, 2.45) is 0 Å². The molecule has 4 rings (SSSR count). The number of aliphatic carboxylic acids is 4.